The Bertz CT molecular complexity index is 605. The van der Waals surface area contributed by atoms with E-state index in [2.05, 4.69) is 15.9 Å². The van der Waals surface area contributed by atoms with E-state index >= 15 is 0 Å². The maximum absolute atomic E-state index is 12.0. The predicted octanol–water partition coefficient (Wildman–Crippen LogP) is 4.33. The quantitative estimate of drug-likeness (QED) is 0.784. The fourth-order valence-corrected chi connectivity index (χ4v) is 2.15. The van der Waals surface area contributed by atoms with Gasteiger partial charge in [0.05, 0.1) is 0 Å². The van der Waals surface area contributed by atoms with Gasteiger partial charge in [-0.2, -0.15) is 0 Å². The molecule has 0 aliphatic rings. The minimum atomic E-state index is -0.0257. The Kier molecular flexibility index (Phi) is 4.38. The molecule has 0 saturated heterocycles. The molecule has 0 saturated carbocycles. The number of ether oxygens (including phenoxy) is 1. The monoisotopic (exact) mass is 318 g/mol. The molecule has 19 heavy (non-hydrogen) atoms. The van der Waals surface area contributed by atoms with E-state index < -0.39 is 0 Å². The molecule has 0 N–H and O–H groups in total. The van der Waals surface area contributed by atoms with Crippen LogP contribution < -0.4 is 4.74 Å². The molecular formula is C16H15BrO2. The van der Waals surface area contributed by atoms with Crippen molar-refractivity contribution < 1.29 is 9.53 Å². The third-order valence-electron chi connectivity index (χ3n) is 2.85. The Hall–Kier alpha value is -1.61. The minimum absolute atomic E-state index is 0.0257. The molecule has 0 aromatic heterocycles. The van der Waals surface area contributed by atoms with Gasteiger partial charge in [-0.25, -0.2) is 0 Å². The second-order valence-electron chi connectivity index (χ2n) is 4.49. The number of aryl methyl sites for hydroxylation is 2. The second kappa shape index (κ2) is 6.02. The Morgan fingerprint density at radius 1 is 1.16 bits per heavy atom. The molecule has 3 heteroatoms. The summed E-state index contributed by atoms with van der Waals surface area (Å²) in [4.78, 5) is 12.0. The Morgan fingerprint density at radius 2 is 1.95 bits per heavy atom. The number of halogens is 1. The van der Waals surface area contributed by atoms with Gasteiger partial charge >= 0.3 is 0 Å². The van der Waals surface area contributed by atoms with E-state index in [0.717, 1.165) is 21.3 Å². The number of ketones is 1. The van der Waals surface area contributed by atoms with Crippen molar-refractivity contribution in [1.82, 2.24) is 0 Å². The molecule has 0 aliphatic heterocycles. The standard InChI is InChI=1S/C16H15BrO2/c1-11-6-7-12(2)16(8-11)19-10-15(18)13-4-3-5-14(17)9-13/h3-9H,10H2,1-2H3. The maximum Gasteiger partial charge on any atom is 0.200 e. The number of carbonyl (C=O) groups excluding carboxylic acids is 1. The van der Waals surface area contributed by atoms with Crippen molar-refractivity contribution in [2.75, 3.05) is 6.61 Å². The SMILES string of the molecule is Cc1ccc(C)c(OCC(=O)c2cccc(Br)c2)c1. The van der Waals surface area contributed by atoms with Crippen molar-refractivity contribution in [3.63, 3.8) is 0 Å². The molecule has 0 amide bonds. The summed E-state index contributed by atoms with van der Waals surface area (Å²) in [5, 5.41) is 0. The number of carbonyl (C=O) groups is 1. The summed E-state index contributed by atoms with van der Waals surface area (Å²) >= 11 is 3.35. The second-order valence-corrected chi connectivity index (χ2v) is 5.41. The van der Waals surface area contributed by atoms with Gasteiger partial charge in [-0.05, 0) is 43.2 Å². The molecule has 0 bridgehead atoms. The maximum atomic E-state index is 12.0. The van der Waals surface area contributed by atoms with Gasteiger partial charge in [0.2, 0.25) is 0 Å². The van der Waals surface area contributed by atoms with E-state index in [1.54, 1.807) is 12.1 Å². The van der Waals surface area contributed by atoms with Crippen LogP contribution >= 0.6 is 15.9 Å². The highest BCUT2D eigenvalue weighted by Crippen LogP contribution is 2.19. The van der Waals surface area contributed by atoms with E-state index in [0.29, 0.717) is 5.56 Å². The van der Waals surface area contributed by atoms with E-state index in [1.807, 2.05) is 44.2 Å². The van der Waals surface area contributed by atoms with Crippen molar-refractivity contribution in [1.29, 1.82) is 0 Å². The molecule has 0 heterocycles. The van der Waals surface area contributed by atoms with Crippen molar-refractivity contribution in [2.45, 2.75) is 13.8 Å². The summed E-state index contributed by atoms with van der Waals surface area (Å²) in [5.41, 5.74) is 2.81. The number of benzene rings is 2. The van der Waals surface area contributed by atoms with Gasteiger partial charge in [0.15, 0.2) is 12.4 Å². The number of hydrogen-bond acceptors (Lipinski definition) is 2. The van der Waals surface area contributed by atoms with E-state index in [1.165, 1.54) is 0 Å². The van der Waals surface area contributed by atoms with Gasteiger partial charge in [0.25, 0.3) is 0 Å². The lowest BCUT2D eigenvalue weighted by atomic mass is 10.1. The zero-order valence-corrected chi connectivity index (χ0v) is 12.5. The number of hydrogen-bond donors (Lipinski definition) is 0. The Balaban J connectivity index is 2.06. The lowest BCUT2D eigenvalue weighted by Crippen LogP contribution is -2.12. The fourth-order valence-electron chi connectivity index (χ4n) is 1.75. The van der Waals surface area contributed by atoms with E-state index in [4.69, 9.17) is 4.74 Å². The molecule has 0 radical (unpaired) electrons. The zero-order chi connectivity index (χ0) is 13.8. The third-order valence-corrected chi connectivity index (χ3v) is 3.34. The fraction of sp³-hybridized carbons (Fsp3) is 0.188. The van der Waals surface area contributed by atoms with E-state index in [9.17, 15) is 4.79 Å². The summed E-state index contributed by atoms with van der Waals surface area (Å²) in [6, 6.07) is 13.3. The number of Topliss-reactive ketones (excluding diaryl/α,β-unsaturated/α-hetero) is 1. The zero-order valence-electron chi connectivity index (χ0n) is 10.9. The smallest absolute Gasteiger partial charge is 0.200 e. The summed E-state index contributed by atoms with van der Waals surface area (Å²) < 4.78 is 6.50. The number of rotatable bonds is 4. The van der Waals surface area contributed by atoms with E-state index in [-0.39, 0.29) is 12.4 Å². The molecule has 0 fully saturated rings. The van der Waals surface area contributed by atoms with Gasteiger partial charge in [-0.1, -0.05) is 40.2 Å². The van der Waals surface area contributed by atoms with Crippen LogP contribution in [-0.4, -0.2) is 12.4 Å². The summed E-state index contributed by atoms with van der Waals surface area (Å²) in [6.45, 7) is 4.03. The average molecular weight is 319 g/mol. The average Bonchev–Trinajstić information content (AvgIpc) is 2.39. The lowest BCUT2D eigenvalue weighted by molar-refractivity contribution is 0.0921. The molecule has 2 nitrogen and oxygen atoms in total. The normalized spacial score (nSPS) is 10.3. The van der Waals surface area contributed by atoms with Crippen LogP contribution in [0.5, 0.6) is 5.75 Å². The van der Waals surface area contributed by atoms with Crippen molar-refractivity contribution in [3.8, 4) is 5.75 Å². The topological polar surface area (TPSA) is 26.3 Å². The molecule has 2 aromatic rings. The first-order valence-corrected chi connectivity index (χ1v) is 6.84. The van der Waals surface area contributed by atoms with Crippen LogP contribution in [0, 0.1) is 13.8 Å². The van der Waals surface area contributed by atoms with Gasteiger partial charge < -0.3 is 4.74 Å². The molecule has 0 unspecified atom stereocenters. The van der Waals surface area contributed by atoms with Crippen LogP contribution in [0.4, 0.5) is 0 Å². The molecule has 2 aromatic carbocycles. The van der Waals surface area contributed by atoms with Crippen LogP contribution in [0.2, 0.25) is 0 Å². The molecule has 0 atom stereocenters. The Morgan fingerprint density at radius 3 is 2.68 bits per heavy atom. The molecule has 0 aliphatic carbocycles. The largest absolute Gasteiger partial charge is 0.485 e. The highest BCUT2D eigenvalue weighted by Gasteiger charge is 2.08. The van der Waals surface area contributed by atoms with Crippen LogP contribution in [0.1, 0.15) is 21.5 Å². The first-order valence-electron chi connectivity index (χ1n) is 6.05. The molecule has 0 spiro atoms. The van der Waals surface area contributed by atoms with Crippen LogP contribution in [-0.2, 0) is 0 Å². The van der Waals surface area contributed by atoms with Crippen molar-refractivity contribution in [3.05, 3.63) is 63.6 Å². The van der Waals surface area contributed by atoms with Gasteiger partial charge in [-0.3, -0.25) is 4.79 Å². The van der Waals surface area contributed by atoms with Gasteiger partial charge in [0, 0.05) is 10.0 Å². The minimum Gasteiger partial charge on any atom is -0.485 e. The van der Waals surface area contributed by atoms with Crippen molar-refractivity contribution >= 4 is 21.7 Å². The van der Waals surface area contributed by atoms with Crippen molar-refractivity contribution in [2.24, 2.45) is 0 Å². The first kappa shape index (κ1) is 13.8. The highest BCUT2D eigenvalue weighted by atomic mass is 79.9. The first-order chi connectivity index (χ1) is 9.06. The van der Waals surface area contributed by atoms with Crippen LogP contribution in [0.25, 0.3) is 0 Å². The molecule has 2 rings (SSSR count). The third kappa shape index (κ3) is 3.67. The Labute approximate surface area is 121 Å². The molecule has 98 valence electrons. The lowest BCUT2D eigenvalue weighted by Gasteiger charge is -2.09. The van der Waals surface area contributed by atoms with Crippen LogP contribution in [0.3, 0.4) is 0 Å². The summed E-state index contributed by atoms with van der Waals surface area (Å²) in [6.07, 6.45) is 0. The predicted molar refractivity (Wildman–Crippen MR) is 79.9 cm³/mol. The summed E-state index contributed by atoms with van der Waals surface area (Å²) in [7, 11) is 0. The molecular weight excluding hydrogens is 304 g/mol. The van der Waals surface area contributed by atoms with Crippen LogP contribution in [0.15, 0.2) is 46.9 Å². The summed E-state index contributed by atoms with van der Waals surface area (Å²) in [5.74, 6) is 0.741. The van der Waals surface area contributed by atoms with Gasteiger partial charge in [0.1, 0.15) is 5.75 Å². The van der Waals surface area contributed by atoms with Gasteiger partial charge in [-0.15, -0.1) is 0 Å². The highest BCUT2D eigenvalue weighted by molar-refractivity contribution is 9.10.